The molecule has 1 atom stereocenters. The minimum Gasteiger partial charge on any atom is -0.497 e. The number of benzene rings is 2. The van der Waals surface area contributed by atoms with Crippen LogP contribution in [-0.2, 0) is 19.6 Å². The molecule has 1 amide bonds. The lowest BCUT2D eigenvalue weighted by Gasteiger charge is -2.32. The fourth-order valence-electron chi connectivity index (χ4n) is 3.65. The van der Waals surface area contributed by atoms with Crippen molar-refractivity contribution in [2.45, 2.75) is 44.0 Å². The summed E-state index contributed by atoms with van der Waals surface area (Å²) in [6, 6.07) is 11.1. The maximum atomic E-state index is 13.1. The number of nitrogens with one attached hydrogen (secondary N) is 1. The SMILES string of the molecule is COc1cccc(NC(=O)COC(=O)c2cc(S(=O)(=O)N3CCCCC3C)ccc2C)c1. The fourth-order valence-corrected chi connectivity index (χ4v) is 5.38. The first-order valence-corrected chi connectivity index (χ1v) is 11.9. The summed E-state index contributed by atoms with van der Waals surface area (Å²) >= 11 is 0. The van der Waals surface area contributed by atoms with E-state index >= 15 is 0 Å². The van der Waals surface area contributed by atoms with E-state index in [4.69, 9.17) is 9.47 Å². The summed E-state index contributed by atoms with van der Waals surface area (Å²) in [4.78, 5) is 24.8. The van der Waals surface area contributed by atoms with Gasteiger partial charge in [-0.1, -0.05) is 18.6 Å². The van der Waals surface area contributed by atoms with E-state index in [-0.39, 0.29) is 16.5 Å². The number of methoxy groups -OCH3 is 1. The Bertz CT molecular complexity index is 1100. The number of sulfonamides is 1. The maximum absolute atomic E-state index is 13.1. The maximum Gasteiger partial charge on any atom is 0.338 e. The van der Waals surface area contributed by atoms with Crippen LogP contribution >= 0.6 is 0 Å². The molecule has 0 aliphatic carbocycles. The third-order valence-electron chi connectivity index (χ3n) is 5.47. The number of nitrogens with zero attached hydrogens (tertiary/aromatic N) is 1. The summed E-state index contributed by atoms with van der Waals surface area (Å²) in [7, 11) is -2.21. The highest BCUT2D eigenvalue weighted by molar-refractivity contribution is 7.89. The van der Waals surface area contributed by atoms with Gasteiger partial charge in [-0.15, -0.1) is 0 Å². The van der Waals surface area contributed by atoms with Crippen molar-refractivity contribution in [2.75, 3.05) is 25.6 Å². The third kappa shape index (κ3) is 5.46. The van der Waals surface area contributed by atoms with Crippen molar-refractivity contribution in [2.24, 2.45) is 0 Å². The largest absolute Gasteiger partial charge is 0.497 e. The molecule has 2 aromatic rings. The molecule has 1 aliphatic rings. The molecule has 32 heavy (non-hydrogen) atoms. The molecule has 0 bridgehead atoms. The van der Waals surface area contributed by atoms with Crippen molar-refractivity contribution in [1.29, 1.82) is 0 Å². The second-order valence-electron chi connectivity index (χ2n) is 7.79. The van der Waals surface area contributed by atoms with E-state index in [0.717, 1.165) is 19.3 Å². The monoisotopic (exact) mass is 460 g/mol. The number of hydrogen-bond donors (Lipinski definition) is 1. The van der Waals surface area contributed by atoms with Crippen molar-refractivity contribution < 1.29 is 27.5 Å². The Kier molecular flexibility index (Phi) is 7.52. The number of anilines is 1. The second kappa shape index (κ2) is 10.1. The average molecular weight is 461 g/mol. The molecule has 0 spiro atoms. The second-order valence-corrected chi connectivity index (χ2v) is 9.68. The van der Waals surface area contributed by atoms with Gasteiger partial charge in [0.2, 0.25) is 10.0 Å². The number of carbonyl (C=O) groups is 2. The summed E-state index contributed by atoms with van der Waals surface area (Å²) in [5, 5.41) is 2.62. The molecule has 1 saturated heterocycles. The molecule has 172 valence electrons. The summed E-state index contributed by atoms with van der Waals surface area (Å²) in [6.45, 7) is 3.53. The Hall–Kier alpha value is -2.91. The van der Waals surface area contributed by atoms with Gasteiger partial charge in [-0.3, -0.25) is 4.79 Å². The van der Waals surface area contributed by atoms with E-state index in [1.807, 2.05) is 6.92 Å². The smallest absolute Gasteiger partial charge is 0.338 e. The molecule has 8 nitrogen and oxygen atoms in total. The van der Waals surface area contributed by atoms with Gasteiger partial charge < -0.3 is 14.8 Å². The van der Waals surface area contributed by atoms with Crippen LogP contribution in [0, 0.1) is 6.92 Å². The van der Waals surface area contributed by atoms with Crippen LogP contribution in [0.5, 0.6) is 5.75 Å². The van der Waals surface area contributed by atoms with Crippen LogP contribution in [0.4, 0.5) is 5.69 Å². The van der Waals surface area contributed by atoms with Crippen molar-refractivity contribution in [3.63, 3.8) is 0 Å². The van der Waals surface area contributed by atoms with Gasteiger partial charge in [0.25, 0.3) is 5.91 Å². The Morgan fingerprint density at radius 1 is 1.16 bits per heavy atom. The molecule has 0 saturated carbocycles. The van der Waals surface area contributed by atoms with Crippen LogP contribution in [0.25, 0.3) is 0 Å². The zero-order valence-electron chi connectivity index (χ0n) is 18.5. The summed E-state index contributed by atoms with van der Waals surface area (Å²) in [6.07, 6.45) is 2.62. The van der Waals surface area contributed by atoms with Crippen molar-refractivity contribution in [1.82, 2.24) is 4.31 Å². The lowest BCUT2D eigenvalue weighted by atomic mass is 10.1. The molecular formula is C23H28N2O6S. The van der Waals surface area contributed by atoms with Gasteiger partial charge >= 0.3 is 5.97 Å². The van der Waals surface area contributed by atoms with Crippen molar-refractivity contribution in [3.8, 4) is 5.75 Å². The summed E-state index contributed by atoms with van der Waals surface area (Å²) in [5.41, 5.74) is 1.18. The lowest BCUT2D eigenvalue weighted by Crippen LogP contribution is -2.41. The fraction of sp³-hybridized carbons (Fsp3) is 0.391. The number of ether oxygens (including phenoxy) is 2. The van der Waals surface area contributed by atoms with Gasteiger partial charge in [0, 0.05) is 24.3 Å². The van der Waals surface area contributed by atoms with E-state index in [0.29, 0.717) is 23.5 Å². The predicted octanol–water partition coefficient (Wildman–Crippen LogP) is 3.36. The van der Waals surface area contributed by atoms with E-state index in [9.17, 15) is 18.0 Å². The quantitative estimate of drug-likeness (QED) is 0.636. The molecule has 1 unspecified atom stereocenters. The third-order valence-corrected chi connectivity index (χ3v) is 7.47. The van der Waals surface area contributed by atoms with E-state index < -0.39 is 28.5 Å². The number of piperidine rings is 1. The van der Waals surface area contributed by atoms with Crippen molar-refractivity contribution >= 4 is 27.6 Å². The lowest BCUT2D eigenvalue weighted by molar-refractivity contribution is -0.119. The van der Waals surface area contributed by atoms with Crippen molar-refractivity contribution in [3.05, 3.63) is 53.6 Å². The Balaban J connectivity index is 1.69. The number of aryl methyl sites for hydroxylation is 1. The first-order valence-electron chi connectivity index (χ1n) is 10.5. The standard InChI is InChI=1S/C23H28N2O6S/c1-16-10-11-20(32(28,29)25-12-5-4-7-17(25)2)14-21(16)23(27)31-15-22(26)24-18-8-6-9-19(13-18)30-3/h6,8-11,13-14,17H,4-5,7,12,15H2,1-3H3,(H,24,26). The highest BCUT2D eigenvalue weighted by Gasteiger charge is 2.31. The van der Waals surface area contributed by atoms with Crippen LogP contribution < -0.4 is 10.1 Å². The zero-order chi connectivity index (χ0) is 23.3. The van der Waals surface area contributed by atoms with Gasteiger partial charge in [0.1, 0.15) is 5.75 Å². The topological polar surface area (TPSA) is 102 Å². The Labute approximate surface area is 188 Å². The molecule has 2 aromatic carbocycles. The molecule has 1 fully saturated rings. The van der Waals surface area contributed by atoms with Gasteiger partial charge in [0.15, 0.2) is 6.61 Å². The molecule has 1 aliphatic heterocycles. The minimum atomic E-state index is -3.73. The Morgan fingerprint density at radius 2 is 1.94 bits per heavy atom. The molecule has 0 aromatic heterocycles. The number of rotatable bonds is 7. The van der Waals surface area contributed by atoms with Crippen LogP contribution in [0.3, 0.4) is 0 Å². The van der Waals surface area contributed by atoms with Gasteiger partial charge in [-0.25, -0.2) is 13.2 Å². The molecule has 9 heteroatoms. The van der Waals surface area contributed by atoms with E-state index in [1.54, 1.807) is 37.3 Å². The minimum absolute atomic E-state index is 0.0460. The summed E-state index contributed by atoms with van der Waals surface area (Å²) < 4.78 is 37.9. The highest BCUT2D eigenvalue weighted by Crippen LogP contribution is 2.26. The van der Waals surface area contributed by atoms with Gasteiger partial charge in [0.05, 0.1) is 17.6 Å². The number of hydrogen-bond acceptors (Lipinski definition) is 6. The first-order chi connectivity index (χ1) is 15.2. The number of esters is 1. The van der Waals surface area contributed by atoms with Crippen LogP contribution in [0.1, 0.15) is 42.1 Å². The van der Waals surface area contributed by atoms with E-state index in [2.05, 4.69) is 5.32 Å². The first kappa shape index (κ1) is 23.7. The predicted molar refractivity (Wildman–Crippen MR) is 120 cm³/mol. The average Bonchev–Trinajstić information content (AvgIpc) is 2.78. The number of amides is 1. The normalized spacial score (nSPS) is 16.9. The van der Waals surface area contributed by atoms with E-state index in [1.165, 1.54) is 23.5 Å². The summed E-state index contributed by atoms with van der Waals surface area (Å²) in [5.74, 6) is -0.696. The zero-order valence-corrected chi connectivity index (χ0v) is 19.3. The highest BCUT2D eigenvalue weighted by atomic mass is 32.2. The molecule has 0 radical (unpaired) electrons. The molecule has 3 rings (SSSR count). The Morgan fingerprint density at radius 3 is 2.66 bits per heavy atom. The van der Waals surface area contributed by atoms with Gasteiger partial charge in [-0.2, -0.15) is 4.31 Å². The van der Waals surface area contributed by atoms with Crippen LogP contribution in [0.2, 0.25) is 0 Å². The molecule has 1 N–H and O–H groups in total. The van der Waals surface area contributed by atoms with Crippen LogP contribution in [0.15, 0.2) is 47.4 Å². The number of carbonyl (C=O) groups excluding carboxylic acids is 2. The van der Waals surface area contributed by atoms with Gasteiger partial charge in [-0.05, 0) is 56.5 Å². The molecular weight excluding hydrogens is 432 g/mol. The van der Waals surface area contributed by atoms with Crippen LogP contribution in [-0.4, -0.2) is 50.9 Å². The molecule has 1 heterocycles.